The van der Waals surface area contributed by atoms with Gasteiger partial charge in [-0.3, -0.25) is 0 Å². The summed E-state index contributed by atoms with van der Waals surface area (Å²) in [7, 11) is 0. The second-order valence-corrected chi connectivity index (χ2v) is 4.68. The molecule has 1 aromatic heterocycles. The summed E-state index contributed by atoms with van der Waals surface area (Å²) in [5.74, 6) is 0.439. The first-order valence-electron chi connectivity index (χ1n) is 4.40. The van der Waals surface area contributed by atoms with Crippen LogP contribution in [0, 0.1) is 5.82 Å². The summed E-state index contributed by atoms with van der Waals surface area (Å²) in [4.78, 5) is 4.02. The van der Waals surface area contributed by atoms with Gasteiger partial charge in [0.25, 0.3) is 0 Å². The predicted molar refractivity (Wildman–Crippen MR) is 66.1 cm³/mol. The molecule has 2 nitrogen and oxygen atoms in total. The molecular formula is C11H6Br2FNO. The molecule has 0 saturated heterocycles. The summed E-state index contributed by atoms with van der Waals surface area (Å²) in [5, 5.41) is 0. The minimum Gasteiger partial charge on any atom is -0.438 e. The van der Waals surface area contributed by atoms with Crippen molar-refractivity contribution in [3.8, 4) is 11.6 Å². The Labute approximate surface area is 109 Å². The van der Waals surface area contributed by atoms with Crippen molar-refractivity contribution in [2.24, 2.45) is 0 Å². The molecule has 0 aliphatic heterocycles. The van der Waals surface area contributed by atoms with E-state index in [1.807, 2.05) is 0 Å². The van der Waals surface area contributed by atoms with Gasteiger partial charge in [0.2, 0.25) is 5.88 Å². The summed E-state index contributed by atoms with van der Waals surface area (Å²) in [5.41, 5.74) is 0. The number of hydrogen-bond acceptors (Lipinski definition) is 2. The van der Waals surface area contributed by atoms with Crippen LogP contribution in [-0.2, 0) is 0 Å². The maximum absolute atomic E-state index is 13.2. The lowest BCUT2D eigenvalue weighted by atomic mass is 10.3. The lowest BCUT2D eigenvalue weighted by Gasteiger charge is -2.06. The van der Waals surface area contributed by atoms with Crippen LogP contribution in [0.2, 0.25) is 0 Å². The average Bonchev–Trinajstić information content (AvgIpc) is 2.27. The van der Waals surface area contributed by atoms with Crippen molar-refractivity contribution in [2.75, 3.05) is 0 Å². The van der Waals surface area contributed by atoms with Crippen LogP contribution in [0.4, 0.5) is 4.39 Å². The molecule has 0 bridgehead atoms. The van der Waals surface area contributed by atoms with E-state index in [-0.39, 0.29) is 5.82 Å². The van der Waals surface area contributed by atoms with Crippen molar-refractivity contribution >= 4 is 31.9 Å². The Kier molecular flexibility index (Phi) is 3.56. The first-order chi connectivity index (χ1) is 7.66. The van der Waals surface area contributed by atoms with Crippen LogP contribution in [0.25, 0.3) is 0 Å². The van der Waals surface area contributed by atoms with Crippen LogP contribution < -0.4 is 4.74 Å². The quantitative estimate of drug-likeness (QED) is 0.796. The molecule has 0 aliphatic carbocycles. The fraction of sp³-hybridized carbons (Fsp3) is 0. The molecule has 0 amide bonds. The summed E-state index contributed by atoms with van der Waals surface area (Å²) in [6, 6.07) is 8.12. The molecule has 1 heterocycles. The number of ether oxygens (including phenoxy) is 1. The van der Waals surface area contributed by atoms with Crippen LogP contribution in [0.1, 0.15) is 0 Å². The van der Waals surface area contributed by atoms with Crippen LogP contribution in [0.5, 0.6) is 11.6 Å². The van der Waals surface area contributed by atoms with Gasteiger partial charge < -0.3 is 4.74 Å². The second kappa shape index (κ2) is 4.93. The molecule has 0 unspecified atom stereocenters. The third-order valence-corrected chi connectivity index (χ3v) is 3.08. The maximum Gasteiger partial charge on any atom is 0.233 e. The first-order valence-corrected chi connectivity index (χ1v) is 5.99. The molecular weight excluding hydrogens is 341 g/mol. The lowest BCUT2D eigenvalue weighted by Crippen LogP contribution is -1.89. The van der Waals surface area contributed by atoms with Gasteiger partial charge in [-0.15, -0.1) is 0 Å². The SMILES string of the molecule is Fc1cc(Oc2ncccc2Br)ccc1Br. The average molecular weight is 347 g/mol. The minimum absolute atomic E-state index is 0.371. The number of nitrogens with zero attached hydrogens (tertiary/aromatic N) is 1. The van der Waals surface area contributed by atoms with Crippen molar-refractivity contribution in [1.82, 2.24) is 4.98 Å². The Morgan fingerprint density at radius 3 is 2.62 bits per heavy atom. The van der Waals surface area contributed by atoms with E-state index in [0.717, 1.165) is 4.47 Å². The molecule has 0 saturated carbocycles. The van der Waals surface area contributed by atoms with Gasteiger partial charge in [0.1, 0.15) is 11.6 Å². The minimum atomic E-state index is -0.371. The molecule has 1 aromatic carbocycles. The molecule has 0 aliphatic rings. The molecule has 0 atom stereocenters. The van der Waals surface area contributed by atoms with E-state index in [2.05, 4.69) is 36.8 Å². The zero-order chi connectivity index (χ0) is 11.5. The largest absolute Gasteiger partial charge is 0.438 e. The van der Waals surface area contributed by atoms with E-state index < -0.39 is 0 Å². The number of rotatable bonds is 2. The zero-order valence-corrected chi connectivity index (χ0v) is 11.1. The molecule has 0 spiro atoms. The Balaban J connectivity index is 2.28. The van der Waals surface area contributed by atoms with Crippen LogP contribution in [0.3, 0.4) is 0 Å². The highest BCUT2D eigenvalue weighted by molar-refractivity contribution is 9.10. The summed E-state index contributed by atoms with van der Waals surface area (Å²) < 4.78 is 19.8. The van der Waals surface area contributed by atoms with Crippen molar-refractivity contribution in [2.45, 2.75) is 0 Å². The van der Waals surface area contributed by atoms with Gasteiger partial charge in [-0.2, -0.15) is 0 Å². The van der Waals surface area contributed by atoms with Gasteiger partial charge in [0.05, 0.1) is 8.95 Å². The van der Waals surface area contributed by atoms with Gasteiger partial charge in [-0.1, -0.05) is 0 Å². The van der Waals surface area contributed by atoms with Gasteiger partial charge >= 0.3 is 0 Å². The van der Waals surface area contributed by atoms with Crippen molar-refractivity contribution < 1.29 is 9.13 Å². The van der Waals surface area contributed by atoms with Crippen molar-refractivity contribution in [3.63, 3.8) is 0 Å². The number of hydrogen-bond donors (Lipinski definition) is 0. The van der Waals surface area contributed by atoms with Crippen LogP contribution in [0.15, 0.2) is 45.5 Å². The van der Waals surface area contributed by atoms with E-state index in [1.165, 1.54) is 6.07 Å². The summed E-state index contributed by atoms with van der Waals surface area (Å²) in [6.45, 7) is 0. The van der Waals surface area contributed by atoms with Crippen molar-refractivity contribution in [3.05, 3.63) is 51.3 Å². The van der Waals surface area contributed by atoms with E-state index in [9.17, 15) is 4.39 Å². The van der Waals surface area contributed by atoms with Crippen LogP contribution in [-0.4, -0.2) is 4.98 Å². The Hall–Kier alpha value is -0.940. The number of halogens is 3. The second-order valence-electron chi connectivity index (χ2n) is 2.97. The monoisotopic (exact) mass is 345 g/mol. The Bertz CT molecular complexity index is 519. The summed E-state index contributed by atoms with van der Waals surface area (Å²) in [6.07, 6.45) is 1.61. The van der Waals surface area contributed by atoms with E-state index in [1.54, 1.807) is 30.5 Å². The van der Waals surface area contributed by atoms with Gasteiger partial charge in [0, 0.05) is 12.3 Å². The van der Waals surface area contributed by atoms with Gasteiger partial charge in [-0.25, -0.2) is 9.37 Å². The molecule has 2 rings (SSSR count). The molecule has 0 radical (unpaired) electrons. The maximum atomic E-state index is 13.2. The Morgan fingerprint density at radius 2 is 1.94 bits per heavy atom. The molecule has 5 heteroatoms. The van der Waals surface area contributed by atoms with E-state index in [4.69, 9.17) is 4.74 Å². The fourth-order valence-corrected chi connectivity index (χ4v) is 1.68. The number of pyridine rings is 1. The predicted octanol–water partition coefficient (Wildman–Crippen LogP) is 4.54. The fourth-order valence-electron chi connectivity index (χ4n) is 1.10. The third-order valence-electron chi connectivity index (χ3n) is 1.83. The molecule has 2 aromatic rings. The molecule has 16 heavy (non-hydrogen) atoms. The standard InChI is InChI=1S/C11H6Br2FNO/c12-8-4-3-7(6-10(8)14)16-11-9(13)2-1-5-15-11/h1-6H. The van der Waals surface area contributed by atoms with Gasteiger partial charge in [-0.05, 0) is 56.1 Å². The van der Waals surface area contributed by atoms with E-state index in [0.29, 0.717) is 16.1 Å². The normalized spacial score (nSPS) is 10.2. The molecule has 0 fully saturated rings. The molecule has 0 N–H and O–H groups in total. The third kappa shape index (κ3) is 2.59. The summed E-state index contributed by atoms with van der Waals surface area (Å²) >= 11 is 6.37. The number of benzene rings is 1. The highest BCUT2D eigenvalue weighted by Gasteiger charge is 2.05. The zero-order valence-electron chi connectivity index (χ0n) is 7.95. The topological polar surface area (TPSA) is 22.1 Å². The van der Waals surface area contributed by atoms with Crippen LogP contribution >= 0.6 is 31.9 Å². The molecule has 82 valence electrons. The van der Waals surface area contributed by atoms with Gasteiger partial charge in [0.15, 0.2) is 0 Å². The smallest absolute Gasteiger partial charge is 0.233 e. The number of aromatic nitrogens is 1. The highest BCUT2D eigenvalue weighted by Crippen LogP contribution is 2.28. The highest BCUT2D eigenvalue weighted by atomic mass is 79.9. The Morgan fingerprint density at radius 1 is 1.12 bits per heavy atom. The van der Waals surface area contributed by atoms with E-state index >= 15 is 0 Å². The first kappa shape index (κ1) is 11.5. The lowest BCUT2D eigenvalue weighted by molar-refractivity contribution is 0.454. The van der Waals surface area contributed by atoms with Crippen molar-refractivity contribution in [1.29, 1.82) is 0 Å².